The molecule has 3 rings (SSSR count). The molecule has 0 aliphatic carbocycles. The van der Waals surface area contributed by atoms with Crippen molar-refractivity contribution in [3.8, 4) is 28.7 Å². The Hall–Kier alpha value is -3.55. The van der Waals surface area contributed by atoms with Gasteiger partial charge in [-0.25, -0.2) is 9.97 Å². The minimum atomic E-state index is -0.340. The van der Waals surface area contributed by atoms with Crippen LogP contribution in [0.4, 0.5) is 0 Å². The average molecular weight is 454 g/mol. The number of benzene rings is 1. The van der Waals surface area contributed by atoms with Gasteiger partial charge in [0.2, 0.25) is 5.89 Å². The van der Waals surface area contributed by atoms with E-state index in [1.165, 1.54) is 6.26 Å². The fourth-order valence-corrected chi connectivity index (χ4v) is 2.89. The minimum absolute atomic E-state index is 0.190. The zero-order chi connectivity index (χ0) is 23.8. The number of aromatic nitrogens is 2. The number of oxazole rings is 1. The highest BCUT2D eigenvalue weighted by Gasteiger charge is 2.16. The number of ether oxygens (including phenoxy) is 3. The van der Waals surface area contributed by atoms with Crippen molar-refractivity contribution in [2.75, 3.05) is 20.3 Å². The monoisotopic (exact) mass is 453 g/mol. The fraction of sp³-hybridized carbons (Fsp3) is 0.400. The molecule has 0 aliphatic heterocycles. The van der Waals surface area contributed by atoms with Crippen LogP contribution in [-0.4, -0.2) is 36.2 Å². The third kappa shape index (κ3) is 6.71. The molecule has 0 unspecified atom stereocenters. The molecule has 0 fully saturated rings. The topological polar surface area (TPSA) is 95.7 Å². The van der Waals surface area contributed by atoms with Crippen LogP contribution in [0.15, 0.2) is 47.2 Å². The summed E-state index contributed by atoms with van der Waals surface area (Å²) in [6, 6.07) is 8.98. The molecule has 0 aliphatic rings. The third-order valence-corrected chi connectivity index (χ3v) is 4.52. The van der Waals surface area contributed by atoms with Crippen LogP contribution in [0.5, 0.6) is 17.2 Å². The van der Waals surface area contributed by atoms with Crippen molar-refractivity contribution in [1.82, 2.24) is 15.3 Å². The quantitative estimate of drug-likeness (QED) is 0.448. The highest BCUT2D eigenvalue weighted by Crippen LogP contribution is 2.32. The Morgan fingerprint density at radius 1 is 1.03 bits per heavy atom. The standard InChI is InChI=1S/C25H31N3O5/c1-16(2)13-31-21-7-6-10-26-23(21)24(29)27-12-19-15-33-25(28-19)18-8-9-20(30-5)22(11-18)32-14-17(3)4/h6-11,15-17H,12-14H2,1-5H3,(H,27,29). The molecule has 0 spiro atoms. The lowest BCUT2D eigenvalue weighted by atomic mass is 10.2. The molecule has 8 nitrogen and oxygen atoms in total. The van der Waals surface area contributed by atoms with Crippen LogP contribution in [0, 0.1) is 11.8 Å². The lowest BCUT2D eigenvalue weighted by Gasteiger charge is -2.13. The molecule has 3 aromatic rings. The first kappa shape index (κ1) is 24.1. The molecule has 0 saturated carbocycles. The summed E-state index contributed by atoms with van der Waals surface area (Å²) in [6.07, 6.45) is 3.08. The van der Waals surface area contributed by atoms with Crippen LogP contribution in [-0.2, 0) is 6.54 Å². The van der Waals surface area contributed by atoms with E-state index in [9.17, 15) is 4.79 Å². The summed E-state index contributed by atoms with van der Waals surface area (Å²) in [5.41, 5.74) is 1.57. The molecule has 0 saturated heterocycles. The van der Waals surface area contributed by atoms with Crippen molar-refractivity contribution in [2.24, 2.45) is 11.8 Å². The Morgan fingerprint density at radius 2 is 1.76 bits per heavy atom. The lowest BCUT2D eigenvalue weighted by molar-refractivity contribution is 0.0940. The first-order valence-electron chi connectivity index (χ1n) is 11.0. The van der Waals surface area contributed by atoms with Crippen molar-refractivity contribution in [3.63, 3.8) is 0 Å². The Morgan fingerprint density at radius 3 is 2.45 bits per heavy atom. The van der Waals surface area contributed by atoms with Crippen LogP contribution in [0.3, 0.4) is 0 Å². The van der Waals surface area contributed by atoms with Crippen molar-refractivity contribution in [1.29, 1.82) is 0 Å². The number of carbonyl (C=O) groups excluding carboxylic acids is 1. The van der Waals surface area contributed by atoms with Gasteiger partial charge in [0.05, 0.1) is 32.6 Å². The summed E-state index contributed by atoms with van der Waals surface area (Å²) in [4.78, 5) is 21.3. The highest BCUT2D eigenvalue weighted by atomic mass is 16.5. The van der Waals surface area contributed by atoms with E-state index in [4.69, 9.17) is 18.6 Å². The molecule has 0 atom stereocenters. The van der Waals surface area contributed by atoms with Gasteiger partial charge in [0.25, 0.3) is 5.91 Å². The number of amides is 1. The SMILES string of the molecule is COc1ccc(-c2nc(CNC(=O)c3ncccc3OCC(C)C)co2)cc1OCC(C)C. The summed E-state index contributed by atoms with van der Waals surface area (Å²) in [7, 11) is 1.60. The summed E-state index contributed by atoms with van der Waals surface area (Å²) < 4.78 is 22.6. The third-order valence-electron chi connectivity index (χ3n) is 4.52. The molecular weight excluding hydrogens is 422 g/mol. The van der Waals surface area contributed by atoms with E-state index in [-0.39, 0.29) is 18.1 Å². The highest BCUT2D eigenvalue weighted by molar-refractivity contribution is 5.94. The molecule has 33 heavy (non-hydrogen) atoms. The van der Waals surface area contributed by atoms with E-state index in [2.05, 4.69) is 29.1 Å². The van der Waals surface area contributed by atoms with Crippen molar-refractivity contribution >= 4 is 5.91 Å². The average Bonchev–Trinajstić information content (AvgIpc) is 3.29. The lowest BCUT2D eigenvalue weighted by Crippen LogP contribution is -2.25. The number of carbonyl (C=O) groups is 1. The Kier molecular flexibility index (Phi) is 8.29. The maximum absolute atomic E-state index is 12.7. The maximum atomic E-state index is 12.7. The van der Waals surface area contributed by atoms with Gasteiger partial charge >= 0.3 is 0 Å². The first-order chi connectivity index (χ1) is 15.9. The van der Waals surface area contributed by atoms with Gasteiger partial charge in [0.15, 0.2) is 22.9 Å². The predicted molar refractivity (Wildman–Crippen MR) is 125 cm³/mol. The smallest absolute Gasteiger partial charge is 0.274 e. The fourth-order valence-electron chi connectivity index (χ4n) is 2.89. The number of methoxy groups -OCH3 is 1. The zero-order valence-electron chi connectivity index (χ0n) is 19.8. The van der Waals surface area contributed by atoms with Gasteiger partial charge in [-0.05, 0) is 42.2 Å². The van der Waals surface area contributed by atoms with Crippen molar-refractivity contribution in [3.05, 3.63) is 54.2 Å². The number of pyridine rings is 1. The number of nitrogens with zero attached hydrogens (tertiary/aromatic N) is 2. The summed E-state index contributed by atoms with van der Waals surface area (Å²) in [5.74, 6) is 2.53. The van der Waals surface area contributed by atoms with E-state index in [1.54, 1.807) is 25.4 Å². The normalized spacial score (nSPS) is 11.0. The largest absolute Gasteiger partial charge is 0.493 e. The molecule has 8 heteroatoms. The van der Waals surface area contributed by atoms with Crippen molar-refractivity contribution in [2.45, 2.75) is 34.2 Å². The summed E-state index contributed by atoms with van der Waals surface area (Å²) in [6.45, 7) is 9.50. The molecule has 0 bridgehead atoms. The predicted octanol–water partition coefficient (Wildman–Crippen LogP) is 4.74. The van der Waals surface area contributed by atoms with Gasteiger partial charge in [0.1, 0.15) is 6.26 Å². The first-order valence-corrected chi connectivity index (χ1v) is 11.0. The van der Waals surface area contributed by atoms with Crippen LogP contribution in [0.1, 0.15) is 43.9 Å². The van der Waals surface area contributed by atoms with Gasteiger partial charge < -0.3 is 23.9 Å². The van der Waals surface area contributed by atoms with E-state index >= 15 is 0 Å². The van der Waals surface area contributed by atoms with Crippen LogP contribution >= 0.6 is 0 Å². The molecular formula is C25H31N3O5. The molecule has 1 aromatic carbocycles. The zero-order valence-corrected chi connectivity index (χ0v) is 19.8. The van der Waals surface area contributed by atoms with E-state index in [0.717, 1.165) is 5.56 Å². The van der Waals surface area contributed by atoms with E-state index < -0.39 is 0 Å². The second kappa shape index (κ2) is 11.4. The Labute approximate surface area is 194 Å². The van der Waals surface area contributed by atoms with E-state index in [1.807, 2.05) is 32.0 Å². The van der Waals surface area contributed by atoms with Gasteiger partial charge in [0, 0.05) is 11.8 Å². The van der Waals surface area contributed by atoms with Gasteiger partial charge in [-0.15, -0.1) is 0 Å². The van der Waals surface area contributed by atoms with E-state index in [0.29, 0.717) is 53.9 Å². The maximum Gasteiger partial charge on any atom is 0.274 e. The van der Waals surface area contributed by atoms with Crippen molar-refractivity contribution < 1.29 is 23.4 Å². The molecule has 1 N–H and O–H groups in total. The number of rotatable bonds is 11. The Balaban J connectivity index is 1.67. The molecule has 0 radical (unpaired) electrons. The molecule has 2 aromatic heterocycles. The summed E-state index contributed by atoms with van der Waals surface area (Å²) >= 11 is 0. The second-order valence-corrected chi connectivity index (χ2v) is 8.45. The molecule has 1 amide bonds. The van der Waals surface area contributed by atoms with Gasteiger partial charge in [-0.3, -0.25) is 4.79 Å². The van der Waals surface area contributed by atoms with Crippen LogP contribution in [0.2, 0.25) is 0 Å². The second-order valence-electron chi connectivity index (χ2n) is 8.45. The minimum Gasteiger partial charge on any atom is -0.493 e. The molecule has 2 heterocycles. The van der Waals surface area contributed by atoms with Crippen LogP contribution < -0.4 is 19.5 Å². The van der Waals surface area contributed by atoms with Gasteiger partial charge in [-0.2, -0.15) is 0 Å². The van der Waals surface area contributed by atoms with Gasteiger partial charge in [-0.1, -0.05) is 27.7 Å². The Bertz CT molecular complexity index is 1060. The van der Waals surface area contributed by atoms with Crippen LogP contribution in [0.25, 0.3) is 11.5 Å². The number of nitrogens with one attached hydrogen (secondary N) is 1. The summed E-state index contributed by atoms with van der Waals surface area (Å²) in [5, 5.41) is 2.82. The molecule has 176 valence electrons. The number of hydrogen-bond acceptors (Lipinski definition) is 7. The number of hydrogen-bond donors (Lipinski definition) is 1.